The molecule has 1 aliphatic heterocycles. The summed E-state index contributed by atoms with van der Waals surface area (Å²) in [4.78, 5) is 25.4. The Morgan fingerprint density at radius 2 is 1.71 bits per heavy atom. The molecular weight excluding hydrogens is 258 g/mol. The Kier molecular flexibility index (Phi) is 3.26. The molecule has 0 saturated carbocycles. The van der Waals surface area contributed by atoms with Gasteiger partial charge in [-0.15, -0.1) is 11.8 Å². The topological polar surface area (TPSA) is 37.4 Å². The third kappa shape index (κ3) is 1.98. The van der Waals surface area contributed by atoms with Crippen LogP contribution in [-0.4, -0.2) is 30.0 Å². The monoisotopic (exact) mass is 267 g/mol. The van der Waals surface area contributed by atoms with Crippen LogP contribution in [0.2, 0.25) is 5.02 Å². The fraction of sp³-hybridized carbons (Fsp3) is 0.167. The summed E-state index contributed by atoms with van der Waals surface area (Å²) in [5.74, 6) is -0.505. The van der Waals surface area contributed by atoms with E-state index in [1.165, 1.54) is 18.8 Å². The summed E-state index contributed by atoms with van der Waals surface area (Å²) >= 11 is 7.09. The van der Waals surface area contributed by atoms with E-state index in [0.717, 1.165) is 10.5 Å². The van der Waals surface area contributed by atoms with Gasteiger partial charge >= 0.3 is 0 Å². The van der Waals surface area contributed by atoms with Crippen molar-refractivity contribution in [2.75, 3.05) is 13.3 Å². The van der Waals surface area contributed by atoms with E-state index < -0.39 is 0 Å². The van der Waals surface area contributed by atoms with Crippen LogP contribution in [0.5, 0.6) is 0 Å². The van der Waals surface area contributed by atoms with Crippen LogP contribution in [0.15, 0.2) is 29.2 Å². The van der Waals surface area contributed by atoms with Crippen LogP contribution in [0, 0.1) is 0 Å². The predicted octanol–water partition coefficient (Wildman–Crippen LogP) is 2.41. The molecule has 0 radical (unpaired) electrons. The molecule has 17 heavy (non-hydrogen) atoms. The zero-order valence-electron chi connectivity index (χ0n) is 9.36. The van der Waals surface area contributed by atoms with Crippen molar-refractivity contribution >= 4 is 40.8 Å². The number of hydrogen-bond donors (Lipinski definition) is 0. The van der Waals surface area contributed by atoms with Crippen molar-refractivity contribution in [1.29, 1.82) is 0 Å². The van der Waals surface area contributed by atoms with Crippen molar-refractivity contribution in [3.63, 3.8) is 0 Å². The van der Waals surface area contributed by atoms with E-state index in [2.05, 4.69) is 0 Å². The fourth-order valence-corrected chi connectivity index (χ4v) is 2.52. The molecule has 0 N–H and O–H groups in total. The van der Waals surface area contributed by atoms with Gasteiger partial charge in [-0.05, 0) is 24.0 Å². The number of halogens is 1. The first kappa shape index (κ1) is 12.2. The van der Waals surface area contributed by atoms with Gasteiger partial charge in [-0.3, -0.25) is 14.5 Å². The highest BCUT2D eigenvalue weighted by molar-refractivity contribution is 8.03. The van der Waals surface area contributed by atoms with Crippen molar-refractivity contribution < 1.29 is 9.59 Å². The predicted molar refractivity (Wildman–Crippen MR) is 69.7 cm³/mol. The Morgan fingerprint density at radius 1 is 1.12 bits per heavy atom. The number of carbonyl (C=O) groups excluding carboxylic acids is 2. The third-order valence-electron chi connectivity index (χ3n) is 2.58. The number of imide groups is 1. The average molecular weight is 268 g/mol. The molecule has 2 amide bonds. The highest BCUT2D eigenvalue weighted by Gasteiger charge is 2.35. The maximum atomic E-state index is 12.0. The maximum Gasteiger partial charge on any atom is 0.267 e. The minimum Gasteiger partial charge on any atom is -0.277 e. The van der Waals surface area contributed by atoms with Crippen LogP contribution in [0.25, 0.3) is 5.57 Å². The molecule has 0 fully saturated rings. The standard InChI is InChI=1S/C12H10ClNO2S/c1-14-11(15)9(10(17-2)12(14)16)7-3-5-8(13)6-4-7/h3-6H,1-2H3. The molecule has 0 atom stereocenters. The molecular formula is C12H10ClNO2S. The molecule has 1 aromatic carbocycles. The van der Waals surface area contributed by atoms with Gasteiger partial charge in [-0.1, -0.05) is 23.7 Å². The van der Waals surface area contributed by atoms with E-state index in [1.54, 1.807) is 30.5 Å². The number of benzene rings is 1. The summed E-state index contributed by atoms with van der Waals surface area (Å²) in [6.45, 7) is 0. The van der Waals surface area contributed by atoms with Crippen molar-refractivity contribution in [3.8, 4) is 0 Å². The van der Waals surface area contributed by atoms with Gasteiger partial charge in [0, 0.05) is 12.1 Å². The summed E-state index contributed by atoms with van der Waals surface area (Å²) in [7, 11) is 1.49. The molecule has 1 aromatic rings. The van der Waals surface area contributed by atoms with E-state index >= 15 is 0 Å². The Balaban J connectivity index is 2.55. The Labute approximate surface area is 108 Å². The Morgan fingerprint density at radius 3 is 2.24 bits per heavy atom. The number of thioether (sulfide) groups is 1. The summed E-state index contributed by atoms with van der Waals surface area (Å²) in [5, 5.41) is 0.602. The zero-order chi connectivity index (χ0) is 12.6. The lowest BCUT2D eigenvalue weighted by atomic mass is 10.1. The number of likely N-dealkylation sites (N-methyl/N-ethyl adjacent to an activating group) is 1. The first-order chi connectivity index (χ1) is 8.06. The molecule has 0 aromatic heterocycles. The van der Waals surface area contributed by atoms with Crippen LogP contribution < -0.4 is 0 Å². The third-order valence-corrected chi connectivity index (χ3v) is 3.62. The van der Waals surface area contributed by atoms with Gasteiger partial charge in [0.05, 0.1) is 10.5 Å². The molecule has 1 heterocycles. The van der Waals surface area contributed by atoms with Crippen molar-refractivity contribution in [3.05, 3.63) is 39.8 Å². The van der Waals surface area contributed by atoms with Gasteiger partial charge in [0.25, 0.3) is 11.8 Å². The van der Waals surface area contributed by atoms with Crippen LogP contribution in [-0.2, 0) is 9.59 Å². The molecule has 1 aliphatic rings. The quantitative estimate of drug-likeness (QED) is 0.773. The number of nitrogens with zero attached hydrogens (tertiary/aromatic N) is 1. The largest absolute Gasteiger partial charge is 0.277 e. The lowest BCUT2D eigenvalue weighted by Crippen LogP contribution is -2.26. The SMILES string of the molecule is CSC1=C(c2ccc(Cl)cc2)C(=O)N(C)C1=O. The minimum atomic E-state index is -0.262. The van der Waals surface area contributed by atoms with E-state index in [1.807, 2.05) is 0 Å². The molecule has 0 saturated heterocycles. The molecule has 88 valence electrons. The van der Waals surface area contributed by atoms with Crippen molar-refractivity contribution in [2.24, 2.45) is 0 Å². The smallest absolute Gasteiger partial charge is 0.267 e. The molecule has 0 aliphatic carbocycles. The normalized spacial score (nSPS) is 16.1. The lowest BCUT2D eigenvalue weighted by Gasteiger charge is -2.06. The second kappa shape index (κ2) is 4.55. The molecule has 0 bridgehead atoms. The number of rotatable bonds is 2. The van der Waals surface area contributed by atoms with Crippen LogP contribution in [0.4, 0.5) is 0 Å². The van der Waals surface area contributed by atoms with Gasteiger partial charge in [0.2, 0.25) is 0 Å². The zero-order valence-corrected chi connectivity index (χ0v) is 10.9. The van der Waals surface area contributed by atoms with Gasteiger partial charge in [-0.2, -0.15) is 0 Å². The van der Waals surface area contributed by atoms with Crippen molar-refractivity contribution in [2.45, 2.75) is 0 Å². The molecule has 5 heteroatoms. The number of carbonyl (C=O) groups is 2. The average Bonchev–Trinajstić information content (AvgIpc) is 2.54. The van der Waals surface area contributed by atoms with Gasteiger partial charge < -0.3 is 0 Å². The molecule has 0 unspecified atom stereocenters. The van der Waals surface area contributed by atoms with E-state index in [9.17, 15) is 9.59 Å². The summed E-state index contributed by atoms with van der Waals surface area (Å²) < 4.78 is 0. The van der Waals surface area contributed by atoms with Crippen molar-refractivity contribution in [1.82, 2.24) is 4.90 Å². The van der Waals surface area contributed by atoms with E-state index in [-0.39, 0.29) is 11.8 Å². The molecule has 3 nitrogen and oxygen atoms in total. The summed E-state index contributed by atoms with van der Waals surface area (Å²) in [6, 6.07) is 6.91. The second-order valence-corrected chi connectivity index (χ2v) is 4.84. The maximum absolute atomic E-state index is 12.0. The fourth-order valence-electron chi connectivity index (χ4n) is 1.68. The second-order valence-electron chi connectivity index (χ2n) is 3.58. The van der Waals surface area contributed by atoms with Gasteiger partial charge in [-0.25, -0.2) is 0 Å². The number of amides is 2. The highest BCUT2D eigenvalue weighted by atomic mass is 35.5. The van der Waals surface area contributed by atoms with E-state index in [0.29, 0.717) is 15.5 Å². The Bertz CT molecular complexity index is 522. The number of hydrogen-bond acceptors (Lipinski definition) is 3. The van der Waals surface area contributed by atoms with E-state index in [4.69, 9.17) is 11.6 Å². The van der Waals surface area contributed by atoms with Crippen LogP contribution in [0.1, 0.15) is 5.56 Å². The molecule has 0 spiro atoms. The Hall–Kier alpha value is -1.26. The first-order valence-corrected chi connectivity index (χ1v) is 6.53. The lowest BCUT2D eigenvalue weighted by molar-refractivity contribution is -0.134. The van der Waals surface area contributed by atoms with Crippen LogP contribution >= 0.6 is 23.4 Å². The highest BCUT2D eigenvalue weighted by Crippen LogP contribution is 2.34. The van der Waals surface area contributed by atoms with Gasteiger partial charge in [0.1, 0.15) is 0 Å². The molecule has 2 rings (SSSR count). The first-order valence-electron chi connectivity index (χ1n) is 4.93. The van der Waals surface area contributed by atoms with Crippen LogP contribution in [0.3, 0.4) is 0 Å². The summed E-state index contributed by atoms with van der Waals surface area (Å²) in [5.41, 5.74) is 1.18. The van der Waals surface area contributed by atoms with Gasteiger partial charge in [0.15, 0.2) is 0 Å². The summed E-state index contributed by atoms with van der Waals surface area (Å²) in [6.07, 6.45) is 1.79. The minimum absolute atomic E-state index is 0.243.